The number of carbonyl (C=O) groups excluding carboxylic acids is 1. The number of halogens is 1. The number of hydrogen-bond donors (Lipinski definition) is 1. The first kappa shape index (κ1) is 20.2. The van der Waals surface area contributed by atoms with Crippen LogP contribution in [0.3, 0.4) is 0 Å². The Bertz CT molecular complexity index is 1170. The maximum absolute atomic E-state index is 12.9. The highest BCUT2D eigenvalue weighted by Crippen LogP contribution is 2.13. The third-order valence-corrected chi connectivity index (χ3v) is 4.71. The summed E-state index contributed by atoms with van der Waals surface area (Å²) >= 11 is 0. The van der Waals surface area contributed by atoms with Gasteiger partial charge in [-0.15, -0.1) is 5.10 Å². The molecule has 0 saturated carbocycles. The summed E-state index contributed by atoms with van der Waals surface area (Å²) in [6.07, 6.45) is 5.07. The first-order valence-electron chi connectivity index (χ1n) is 9.90. The molecule has 0 aliphatic rings. The van der Waals surface area contributed by atoms with Crippen LogP contribution in [-0.2, 0) is 13.1 Å². The topological polar surface area (TPSA) is 59.8 Å². The number of nitrogens with one attached hydrogen (secondary N) is 1. The van der Waals surface area contributed by atoms with E-state index in [9.17, 15) is 9.18 Å². The van der Waals surface area contributed by atoms with E-state index in [0.29, 0.717) is 18.7 Å². The Labute approximate surface area is 179 Å². The minimum absolute atomic E-state index is 0.111. The monoisotopic (exact) mass is 412 g/mol. The van der Waals surface area contributed by atoms with E-state index in [1.54, 1.807) is 30.3 Å². The summed E-state index contributed by atoms with van der Waals surface area (Å²) in [5.41, 5.74) is 4.24. The standard InChI is InChI=1S/C25H21FN4O/c26-22-11-6-19(7-12-22)8-15-25(31)21-9-13-23(14-10-21)27-16-24-18-30(29-28-24)17-20-4-2-1-3-5-20/h1-15,18,27H,16-17H2/b15-8+. The number of allylic oxidation sites excluding steroid dienone is 1. The summed E-state index contributed by atoms with van der Waals surface area (Å²) < 4.78 is 14.8. The molecule has 154 valence electrons. The average molecular weight is 412 g/mol. The van der Waals surface area contributed by atoms with E-state index in [0.717, 1.165) is 16.9 Å². The van der Waals surface area contributed by atoms with Crippen molar-refractivity contribution in [3.8, 4) is 0 Å². The summed E-state index contributed by atoms with van der Waals surface area (Å²) in [4.78, 5) is 12.3. The molecule has 0 unspecified atom stereocenters. The number of nitrogens with zero attached hydrogens (tertiary/aromatic N) is 3. The van der Waals surface area contributed by atoms with Crippen molar-refractivity contribution in [3.05, 3.63) is 119 Å². The number of anilines is 1. The lowest BCUT2D eigenvalue weighted by Crippen LogP contribution is -2.01. The lowest BCUT2D eigenvalue weighted by Gasteiger charge is -2.05. The molecule has 5 nitrogen and oxygen atoms in total. The molecule has 0 atom stereocenters. The van der Waals surface area contributed by atoms with Gasteiger partial charge in [-0.25, -0.2) is 9.07 Å². The van der Waals surface area contributed by atoms with Crippen LogP contribution < -0.4 is 5.32 Å². The molecule has 1 N–H and O–H groups in total. The van der Waals surface area contributed by atoms with Gasteiger partial charge in [-0.2, -0.15) is 0 Å². The molecule has 1 heterocycles. The Kier molecular flexibility index (Phi) is 6.28. The molecule has 1 aromatic heterocycles. The molecule has 3 aromatic carbocycles. The summed E-state index contributed by atoms with van der Waals surface area (Å²) in [5.74, 6) is -0.412. The molecule has 4 rings (SSSR count). The molecule has 0 spiro atoms. The van der Waals surface area contributed by atoms with Crippen molar-refractivity contribution in [2.24, 2.45) is 0 Å². The van der Waals surface area contributed by atoms with Crippen LogP contribution in [0.1, 0.15) is 27.2 Å². The summed E-state index contributed by atoms with van der Waals surface area (Å²) in [7, 11) is 0. The third-order valence-electron chi connectivity index (χ3n) is 4.71. The van der Waals surface area contributed by atoms with Gasteiger partial charge in [-0.05, 0) is 53.6 Å². The molecule has 0 bridgehead atoms. The molecular formula is C25H21FN4O. The third kappa shape index (κ3) is 5.73. The number of benzene rings is 3. The van der Waals surface area contributed by atoms with Gasteiger partial charge in [0.05, 0.1) is 19.3 Å². The summed E-state index contributed by atoms with van der Waals surface area (Å²) in [6, 6.07) is 23.3. The number of rotatable bonds is 8. The molecule has 31 heavy (non-hydrogen) atoms. The smallest absolute Gasteiger partial charge is 0.185 e. The SMILES string of the molecule is O=C(/C=C/c1ccc(F)cc1)c1ccc(NCc2cn(Cc3ccccc3)nn2)cc1. The molecular weight excluding hydrogens is 391 g/mol. The van der Waals surface area contributed by atoms with Crippen molar-refractivity contribution < 1.29 is 9.18 Å². The second-order valence-electron chi connectivity index (χ2n) is 7.07. The largest absolute Gasteiger partial charge is 0.379 e. The molecule has 0 saturated heterocycles. The van der Waals surface area contributed by atoms with Gasteiger partial charge in [0.1, 0.15) is 11.5 Å². The zero-order chi connectivity index (χ0) is 21.5. The van der Waals surface area contributed by atoms with Crippen molar-refractivity contribution in [3.63, 3.8) is 0 Å². The van der Waals surface area contributed by atoms with E-state index < -0.39 is 0 Å². The van der Waals surface area contributed by atoms with Gasteiger partial charge >= 0.3 is 0 Å². The van der Waals surface area contributed by atoms with Crippen LogP contribution in [0, 0.1) is 5.82 Å². The Morgan fingerprint density at radius 3 is 2.45 bits per heavy atom. The highest BCUT2D eigenvalue weighted by Gasteiger charge is 2.04. The van der Waals surface area contributed by atoms with E-state index in [1.165, 1.54) is 23.8 Å². The molecule has 0 amide bonds. The van der Waals surface area contributed by atoms with Gasteiger partial charge < -0.3 is 5.32 Å². The van der Waals surface area contributed by atoms with E-state index >= 15 is 0 Å². The fraction of sp³-hybridized carbons (Fsp3) is 0.0800. The quantitative estimate of drug-likeness (QED) is 0.328. The lowest BCUT2D eigenvalue weighted by molar-refractivity contribution is 0.104. The maximum Gasteiger partial charge on any atom is 0.185 e. The second-order valence-corrected chi connectivity index (χ2v) is 7.07. The molecule has 0 aliphatic heterocycles. The summed E-state index contributed by atoms with van der Waals surface area (Å²) in [6.45, 7) is 1.21. The van der Waals surface area contributed by atoms with Crippen molar-refractivity contribution in [1.82, 2.24) is 15.0 Å². The van der Waals surface area contributed by atoms with Crippen molar-refractivity contribution in [2.75, 3.05) is 5.32 Å². The fourth-order valence-electron chi connectivity index (χ4n) is 3.05. The highest BCUT2D eigenvalue weighted by atomic mass is 19.1. The minimum Gasteiger partial charge on any atom is -0.379 e. The van der Waals surface area contributed by atoms with Crippen LogP contribution in [0.4, 0.5) is 10.1 Å². The minimum atomic E-state index is -0.301. The van der Waals surface area contributed by atoms with Crippen LogP contribution in [0.25, 0.3) is 6.08 Å². The van der Waals surface area contributed by atoms with Crippen LogP contribution in [-0.4, -0.2) is 20.8 Å². The average Bonchev–Trinajstić information content (AvgIpc) is 3.25. The normalized spacial score (nSPS) is 11.0. The molecule has 0 fully saturated rings. The second kappa shape index (κ2) is 9.63. The zero-order valence-corrected chi connectivity index (χ0v) is 16.8. The van der Waals surface area contributed by atoms with Crippen LogP contribution in [0.2, 0.25) is 0 Å². The molecule has 0 aliphatic carbocycles. The van der Waals surface area contributed by atoms with Crippen LogP contribution in [0.5, 0.6) is 0 Å². The van der Waals surface area contributed by atoms with E-state index in [-0.39, 0.29) is 11.6 Å². The predicted octanol–water partition coefficient (Wildman–Crippen LogP) is 4.97. The Morgan fingerprint density at radius 1 is 0.968 bits per heavy atom. The van der Waals surface area contributed by atoms with Gasteiger partial charge in [-0.3, -0.25) is 4.79 Å². The fourth-order valence-corrected chi connectivity index (χ4v) is 3.05. The van der Waals surface area contributed by atoms with Gasteiger partial charge in [0.2, 0.25) is 0 Å². The Hall–Kier alpha value is -4.06. The number of carbonyl (C=O) groups is 1. The van der Waals surface area contributed by atoms with Crippen molar-refractivity contribution >= 4 is 17.5 Å². The van der Waals surface area contributed by atoms with Gasteiger partial charge in [0.25, 0.3) is 0 Å². The molecule has 0 radical (unpaired) electrons. The van der Waals surface area contributed by atoms with Crippen LogP contribution in [0.15, 0.2) is 91.1 Å². The lowest BCUT2D eigenvalue weighted by atomic mass is 10.1. The highest BCUT2D eigenvalue weighted by molar-refractivity contribution is 6.06. The van der Waals surface area contributed by atoms with E-state index in [4.69, 9.17) is 0 Å². The van der Waals surface area contributed by atoms with E-state index in [2.05, 4.69) is 27.8 Å². The Morgan fingerprint density at radius 2 is 1.71 bits per heavy atom. The summed E-state index contributed by atoms with van der Waals surface area (Å²) in [5, 5.41) is 11.6. The maximum atomic E-state index is 12.9. The van der Waals surface area contributed by atoms with Gasteiger partial charge in [0.15, 0.2) is 5.78 Å². The number of aromatic nitrogens is 3. The van der Waals surface area contributed by atoms with E-state index in [1.807, 2.05) is 41.2 Å². The molecule has 6 heteroatoms. The predicted molar refractivity (Wildman–Crippen MR) is 119 cm³/mol. The molecule has 4 aromatic rings. The van der Waals surface area contributed by atoms with Crippen LogP contribution >= 0.6 is 0 Å². The van der Waals surface area contributed by atoms with Gasteiger partial charge in [-0.1, -0.05) is 53.8 Å². The Balaban J connectivity index is 1.30. The first-order chi connectivity index (χ1) is 15.2. The van der Waals surface area contributed by atoms with Gasteiger partial charge in [0, 0.05) is 11.3 Å². The number of hydrogen-bond acceptors (Lipinski definition) is 4. The van der Waals surface area contributed by atoms with Crippen molar-refractivity contribution in [2.45, 2.75) is 13.1 Å². The first-order valence-corrected chi connectivity index (χ1v) is 9.90. The zero-order valence-electron chi connectivity index (χ0n) is 16.8. The van der Waals surface area contributed by atoms with Crippen molar-refractivity contribution in [1.29, 1.82) is 0 Å². The number of ketones is 1.